The van der Waals surface area contributed by atoms with Crippen molar-refractivity contribution in [1.29, 1.82) is 0 Å². The normalized spacial score (nSPS) is 17.6. The van der Waals surface area contributed by atoms with E-state index in [4.69, 9.17) is 9.47 Å². The van der Waals surface area contributed by atoms with E-state index < -0.39 is 7.26 Å². The number of rotatable bonds is 6. The van der Waals surface area contributed by atoms with Crippen molar-refractivity contribution in [2.45, 2.75) is 12.5 Å². The largest absolute Gasteiger partial charge is 0.376 e. The summed E-state index contributed by atoms with van der Waals surface area (Å²) in [5.74, 6) is 0. The van der Waals surface area contributed by atoms with Gasteiger partial charge in [0, 0.05) is 6.42 Å². The van der Waals surface area contributed by atoms with Crippen molar-refractivity contribution in [1.82, 2.24) is 0 Å². The van der Waals surface area contributed by atoms with Gasteiger partial charge in [-0.1, -0.05) is 54.6 Å². The summed E-state index contributed by atoms with van der Waals surface area (Å²) in [4.78, 5) is 0. The molecule has 0 aromatic heterocycles. The first-order valence-electron chi connectivity index (χ1n) is 9.64. The van der Waals surface area contributed by atoms with E-state index in [1.54, 1.807) is 0 Å². The van der Waals surface area contributed by atoms with E-state index in [9.17, 15) is 0 Å². The fourth-order valence-corrected chi connectivity index (χ4v) is 8.31. The molecule has 27 heavy (non-hydrogen) atoms. The SMILES string of the molecule is c1ccc([P+](CCC2COCCO2)(c2ccccc2)c2ccccc2)cc1. The van der Waals surface area contributed by atoms with Crippen LogP contribution in [0.3, 0.4) is 0 Å². The molecule has 3 aromatic carbocycles. The van der Waals surface area contributed by atoms with Crippen LogP contribution < -0.4 is 15.9 Å². The monoisotopic (exact) mass is 377 g/mol. The molecule has 3 aromatic rings. The molecule has 0 saturated carbocycles. The molecule has 1 atom stereocenters. The Hall–Kier alpha value is -1.99. The highest BCUT2D eigenvalue weighted by Gasteiger charge is 2.45. The van der Waals surface area contributed by atoms with Gasteiger partial charge in [0.15, 0.2) is 0 Å². The van der Waals surface area contributed by atoms with Gasteiger partial charge in [0.1, 0.15) is 23.2 Å². The zero-order valence-electron chi connectivity index (χ0n) is 15.5. The summed E-state index contributed by atoms with van der Waals surface area (Å²) >= 11 is 0. The van der Waals surface area contributed by atoms with E-state index in [1.807, 2.05) is 0 Å². The van der Waals surface area contributed by atoms with Gasteiger partial charge in [-0.2, -0.15) is 0 Å². The maximum absolute atomic E-state index is 5.97. The van der Waals surface area contributed by atoms with Crippen molar-refractivity contribution >= 4 is 23.2 Å². The van der Waals surface area contributed by atoms with Gasteiger partial charge in [-0.15, -0.1) is 0 Å². The number of benzene rings is 3. The highest BCUT2D eigenvalue weighted by atomic mass is 31.2. The van der Waals surface area contributed by atoms with Crippen LogP contribution in [0, 0.1) is 0 Å². The molecular formula is C24H26O2P+. The van der Waals surface area contributed by atoms with Crippen LogP contribution in [0.25, 0.3) is 0 Å². The molecule has 0 aliphatic carbocycles. The van der Waals surface area contributed by atoms with Crippen molar-refractivity contribution in [3.8, 4) is 0 Å². The van der Waals surface area contributed by atoms with Gasteiger partial charge in [-0.3, -0.25) is 0 Å². The van der Waals surface area contributed by atoms with Crippen LogP contribution in [0.4, 0.5) is 0 Å². The predicted octanol–water partition coefficient (Wildman–Crippen LogP) is 3.79. The molecule has 1 aliphatic heterocycles. The summed E-state index contributed by atoms with van der Waals surface area (Å²) in [6.45, 7) is 2.13. The zero-order chi connectivity index (χ0) is 18.4. The van der Waals surface area contributed by atoms with Gasteiger partial charge in [-0.25, -0.2) is 0 Å². The van der Waals surface area contributed by atoms with Crippen molar-refractivity contribution in [3.63, 3.8) is 0 Å². The lowest BCUT2D eigenvalue weighted by Crippen LogP contribution is -2.36. The molecule has 1 fully saturated rings. The summed E-state index contributed by atoms with van der Waals surface area (Å²) in [5, 5.41) is 4.29. The molecule has 1 aliphatic rings. The minimum absolute atomic E-state index is 0.189. The number of hydrogen-bond acceptors (Lipinski definition) is 2. The summed E-state index contributed by atoms with van der Waals surface area (Å²) in [6.07, 6.45) is 2.28. The van der Waals surface area contributed by atoms with Crippen molar-refractivity contribution in [2.75, 3.05) is 26.0 Å². The molecular weight excluding hydrogens is 351 g/mol. The summed E-state index contributed by atoms with van der Waals surface area (Å²) in [6, 6.07) is 33.1. The van der Waals surface area contributed by atoms with Gasteiger partial charge in [0.2, 0.25) is 0 Å². The molecule has 0 N–H and O–H groups in total. The van der Waals surface area contributed by atoms with Crippen LogP contribution >= 0.6 is 7.26 Å². The molecule has 0 amide bonds. The first kappa shape index (κ1) is 18.4. The van der Waals surface area contributed by atoms with Crippen LogP contribution in [0.1, 0.15) is 6.42 Å². The Morgan fingerprint density at radius 3 is 1.56 bits per heavy atom. The molecule has 2 nitrogen and oxygen atoms in total. The smallest absolute Gasteiger partial charge is 0.112 e. The van der Waals surface area contributed by atoms with Gasteiger partial charge >= 0.3 is 0 Å². The first-order chi connectivity index (χ1) is 13.4. The van der Waals surface area contributed by atoms with Gasteiger partial charge in [0.25, 0.3) is 0 Å². The molecule has 1 unspecified atom stereocenters. The number of hydrogen-bond donors (Lipinski definition) is 0. The van der Waals surface area contributed by atoms with Gasteiger partial charge in [0.05, 0.1) is 32.1 Å². The standard InChI is InChI=1S/C24H26O2P/c1-4-10-22(11-5-1)27(23-12-6-2-7-13-23,24-14-8-3-9-15-24)19-16-21-20-25-17-18-26-21/h1-15,21H,16-20H2/q+1. The average molecular weight is 377 g/mol. The fraction of sp³-hybridized carbons (Fsp3) is 0.250. The highest BCUT2D eigenvalue weighted by molar-refractivity contribution is 7.95. The molecule has 0 bridgehead atoms. The van der Waals surface area contributed by atoms with Crippen LogP contribution in [-0.2, 0) is 9.47 Å². The second-order valence-corrected chi connectivity index (χ2v) is 10.5. The highest BCUT2D eigenvalue weighted by Crippen LogP contribution is 2.56. The Balaban J connectivity index is 1.81. The maximum Gasteiger partial charge on any atom is 0.112 e. The quantitative estimate of drug-likeness (QED) is 0.609. The topological polar surface area (TPSA) is 18.5 Å². The minimum Gasteiger partial charge on any atom is -0.376 e. The van der Waals surface area contributed by atoms with Crippen molar-refractivity contribution < 1.29 is 9.47 Å². The van der Waals surface area contributed by atoms with E-state index >= 15 is 0 Å². The maximum atomic E-state index is 5.97. The van der Waals surface area contributed by atoms with E-state index in [-0.39, 0.29) is 6.10 Å². The Bertz CT molecular complexity index is 718. The Labute approximate surface area is 162 Å². The van der Waals surface area contributed by atoms with Crippen LogP contribution in [0.5, 0.6) is 0 Å². The van der Waals surface area contributed by atoms with Crippen LogP contribution in [-0.4, -0.2) is 32.1 Å². The minimum atomic E-state index is -1.76. The second kappa shape index (κ2) is 8.80. The number of ether oxygens (including phenoxy) is 2. The van der Waals surface area contributed by atoms with Crippen LogP contribution in [0.15, 0.2) is 91.0 Å². The molecule has 0 spiro atoms. The fourth-order valence-electron chi connectivity index (χ4n) is 3.92. The lowest BCUT2D eigenvalue weighted by atomic mass is 10.3. The van der Waals surface area contributed by atoms with E-state index in [0.29, 0.717) is 19.8 Å². The zero-order valence-corrected chi connectivity index (χ0v) is 16.4. The lowest BCUT2D eigenvalue weighted by molar-refractivity contribution is -0.0884. The molecule has 0 radical (unpaired) electrons. The molecule has 138 valence electrons. The Morgan fingerprint density at radius 1 is 0.667 bits per heavy atom. The predicted molar refractivity (Wildman–Crippen MR) is 115 cm³/mol. The molecule has 1 saturated heterocycles. The van der Waals surface area contributed by atoms with Gasteiger partial charge < -0.3 is 9.47 Å². The third-order valence-corrected chi connectivity index (χ3v) is 9.73. The third-order valence-electron chi connectivity index (χ3n) is 5.26. The summed E-state index contributed by atoms with van der Waals surface area (Å²) in [7, 11) is -1.76. The van der Waals surface area contributed by atoms with Crippen molar-refractivity contribution in [3.05, 3.63) is 91.0 Å². The third kappa shape index (κ3) is 3.99. The van der Waals surface area contributed by atoms with E-state index in [0.717, 1.165) is 12.6 Å². The van der Waals surface area contributed by atoms with Gasteiger partial charge in [-0.05, 0) is 36.4 Å². The Morgan fingerprint density at radius 2 is 1.15 bits per heavy atom. The molecule has 3 heteroatoms. The summed E-state index contributed by atoms with van der Waals surface area (Å²) in [5.41, 5.74) is 0. The van der Waals surface area contributed by atoms with Crippen LogP contribution in [0.2, 0.25) is 0 Å². The van der Waals surface area contributed by atoms with E-state index in [2.05, 4.69) is 91.0 Å². The first-order valence-corrected chi connectivity index (χ1v) is 11.6. The van der Waals surface area contributed by atoms with Crippen molar-refractivity contribution in [2.24, 2.45) is 0 Å². The Kier molecular flexibility index (Phi) is 5.99. The second-order valence-electron chi connectivity index (χ2n) is 6.90. The summed E-state index contributed by atoms with van der Waals surface area (Å²) < 4.78 is 11.6. The van der Waals surface area contributed by atoms with E-state index in [1.165, 1.54) is 15.9 Å². The lowest BCUT2D eigenvalue weighted by Gasteiger charge is -2.30. The molecule has 4 rings (SSSR count). The average Bonchev–Trinajstić information content (AvgIpc) is 2.77. The molecule has 1 heterocycles.